The summed E-state index contributed by atoms with van der Waals surface area (Å²) in [6.45, 7) is -0.943. The summed E-state index contributed by atoms with van der Waals surface area (Å²) in [5.41, 5.74) is 3.84. The Morgan fingerprint density at radius 3 is 1.12 bits per heavy atom. The van der Waals surface area contributed by atoms with Crippen LogP contribution >= 0.6 is 22.7 Å². The van der Waals surface area contributed by atoms with Crippen molar-refractivity contribution in [2.75, 3.05) is 6.67 Å². The molecule has 2 heterocycles. The standard InChI is InChI=1S/C46H34F10O8S2/c47-14-13-38(57)61-34-11-9-32(62-39(58)19-44(48,49)50)26-5-1-22(15-30(26)34)24-3-7-28-36(17-24)65-43-29-8-4-25(18-37(29)66-42(28)43)23-2-6-27-31(16-23)35(64-41(60)21-46(54,55)56)12-10-33(27)63-40(59)20-45(51,52)53/h1-8,15-18,32-35H,9-14,19-21H2. The number of fused-ring (bicyclic) bond motifs is 7. The molecule has 2 aliphatic carbocycles. The highest BCUT2D eigenvalue weighted by molar-refractivity contribution is 7.36. The minimum absolute atomic E-state index is 0.0755. The smallest absolute Gasteiger partial charge is 0.399 e. The SMILES string of the molecule is O=C(CCF)OC1CCC(OC(=O)CC(F)(F)F)c2ccc(-c3ccc4c(c3)sc3c5ccc(-c6ccc7c(c6)C(OC(=O)CC(F)(F)F)CCC7OC(=O)CC(F)(F)F)cc5sc43)cc21. The van der Waals surface area contributed by atoms with Gasteiger partial charge in [0.05, 0.1) is 22.5 Å². The molecule has 0 radical (unpaired) electrons. The molecule has 4 unspecified atom stereocenters. The van der Waals surface area contributed by atoms with Crippen LogP contribution in [0.5, 0.6) is 0 Å². The number of halogens is 10. The van der Waals surface area contributed by atoms with Crippen molar-refractivity contribution in [2.24, 2.45) is 0 Å². The molecule has 2 aliphatic rings. The molecule has 348 valence electrons. The first-order valence-corrected chi connectivity index (χ1v) is 22.0. The normalized spacial score (nSPS) is 18.8. The summed E-state index contributed by atoms with van der Waals surface area (Å²) in [6.07, 6.45) is -24.6. The lowest BCUT2D eigenvalue weighted by molar-refractivity contribution is -0.181. The van der Waals surface area contributed by atoms with Gasteiger partial charge in [0.2, 0.25) is 0 Å². The van der Waals surface area contributed by atoms with Gasteiger partial charge in [0.25, 0.3) is 0 Å². The number of alkyl halides is 10. The number of benzene rings is 4. The van der Waals surface area contributed by atoms with Crippen molar-refractivity contribution in [3.05, 3.63) is 95.1 Å². The molecule has 8 nitrogen and oxygen atoms in total. The number of rotatable bonds is 11. The molecule has 0 bridgehead atoms. The van der Waals surface area contributed by atoms with E-state index in [4.69, 9.17) is 18.9 Å². The van der Waals surface area contributed by atoms with Crippen LogP contribution in [0.1, 0.15) is 98.0 Å². The number of carbonyl (C=O) groups is 4. The van der Waals surface area contributed by atoms with E-state index in [1.807, 2.05) is 36.4 Å². The maximum atomic E-state index is 13.0. The van der Waals surface area contributed by atoms with Crippen molar-refractivity contribution in [1.29, 1.82) is 0 Å². The van der Waals surface area contributed by atoms with Gasteiger partial charge in [0.15, 0.2) is 0 Å². The second-order valence-corrected chi connectivity index (χ2v) is 18.0. The van der Waals surface area contributed by atoms with Crippen LogP contribution in [-0.4, -0.2) is 49.1 Å². The van der Waals surface area contributed by atoms with Crippen LogP contribution in [0.15, 0.2) is 72.8 Å². The zero-order valence-corrected chi connectivity index (χ0v) is 35.6. The van der Waals surface area contributed by atoms with E-state index in [0.29, 0.717) is 27.8 Å². The van der Waals surface area contributed by atoms with Gasteiger partial charge in [-0.15, -0.1) is 22.7 Å². The molecule has 0 saturated carbocycles. The third-order valence-corrected chi connectivity index (χ3v) is 13.6. The predicted octanol–water partition coefficient (Wildman–Crippen LogP) is 13.7. The molecule has 0 N–H and O–H groups in total. The Bertz CT molecular complexity index is 2860. The minimum Gasteiger partial charge on any atom is -0.457 e. The number of esters is 4. The van der Waals surface area contributed by atoms with Gasteiger partial charge in [-0.05, 0) is 94.5 Å². The van der Waals surface area contributed by atoms with E-state index >= 15 is 0 Å². The molecule has 20 heteroatoms. The number of ether oxygens (including phenoxy) is 4. The fourth-order valence-electron chi connectivity index (χ4n) is 8.37. The molecule has 4 aromatic carbocycles. The molecule has 0 aliphatic heterocycles. The van der Waals surface area contributed by atoms with E-state index in [2.05, 4.69) is 0 Å². The van der Waals surface area contributed by atoms with Gasteiger partial charge in [-0.25, -0.2) is 0 Å². The van der Waals surface area contributed by atoms with Crippen LogP contribution < -0.4 is 0 Å². The largest absolute Gasteiger partial charge is 0.457 e. The summed E-state index contributed by atoms with van der Waals surface area (Å²) < 4.78 is 154. The van der Waals surface area contributed by atoms with Gasteiger partial charge in [-0.3, -0.25) is 23.6 Å². The number of carbonyl (C=O) groups excluding carboxylic acids is 4. The maximum absolute atomic E-state index is 13.0. The van der Waals surface area contributed by atoms with E-state index in [0.717, 1.165) is 35.1 Å². The summed E-state index contributed by atoms with van der Waals surface area (Å²) in [5, 5.41) is 1.84. The Hall–Kier alpha value is -5.76. The van der Waals surface area contributed by atoms with Crippen LogP contribution in [0.25, 0.3) is 51.8 Å². The molecular weight excluding hydrogens is 935 g/mol. The van der Waals surface area contributed by atoms with E-state index in [1.165, 1.54) is 28.7 Å². The van der Waals surface area contributed by atoms with E-state index < -0.39 is 99.2 Å². The quantitative estimate of drug-likeness (QED) is 0.0718. The fraction of sp³-hybridized carbons (Fsp3) is 0.348. The highest BCUT2D eigenvalue weighted by atomic mass is 32.1. The molecule has 66 heavy (non-hydrogen) atoms. The summed E-state index contributed by atoms with van der Waals surface area (Å²) in [6, 6.07) is 21.1. The predicted molar refractivity (Wildman–Crippen MR) is 222 cm³/mol. The second kappa shape index (κ2) is 18.1. The van der Waals surface area contributed by atoms with Crippen LogP contribution in [0.4, 0.5) is 43.9 Å². The molecular formula is C46H34F10O8S2. The molecule has 2 aromatic heterocycles. The Morgan fingerprint density at radius 2 is 0.773 bits per heavy atom. The molecule has 0 spiro atoms. The highest BCUT2D eigenvalue weighted by Crippen LogP contribution is 2.48. The minimum atomic E-state index is -4.84. The molecule has 8 rings (SSSR count). The summed E-state index contributed by atoms with van der Waals surface area (Å²) in [5.74, 6) is -5.31. The first-order valence-electron chi connectivity index (χ1n) is 20.3. The van der Waals surface area contributed by atoms with E-state index in [-0.39, 0.29) is 36.8 Å². The zero-order valence-electron chi connectivity index (χ0n) is 34.0. The number of hydrogen-bond donors (Lipinski definition) is 0. The highest BCUT2D eigenvalue weighted by Gasteiger charge is 2.39. The monoisotopic (exact) mass is 968 g/mol. The third-order valence-electron chi connectivity index (χ3n) is 11.1. The first kappa shape index (κ1) is 46.8. The van der Waals surface area contributed by atoms with Gasteiger partial charge < -0.3 is 18.9 Å². The van der Waals surface area contributed by atoms with Gasteiger partial charge in [0.1, 0.15) is 43.7 Å². The average molecular weight is 969 g/mol. The molecule has 6 aromatic rings. The maximum Gasteiger partial charge on any atom is 0.399 e. The number of thiophene rings is 2. The van der Waals surface area contributed by atoms with Crippen molar-refractivity contribution in [3.63, 3.8) is 0 Å². The van der Waals surface area contributed by atoms with Crippen molar-refractivity contribution < 1.29 is 82.0 Å². The van der Waals surface area contributed by atoms with Crippen molar-refractivity contribution in [1.82, 2.24) is 0 Å². The van der Waals surface area contributed by atoms with Gasteiger partial charge in [-0.1, -0.05) is 48.5 Å². The Kier molecular flexibility index (Phi) is 12.9. The van der Waals surface area contributed by atoms with Crippen molar-refractivity contribution in [3.8, 4) is 22.3 Å². The Labute approximate surface area is 375 Å². The zero-order chi connectivity index (χ0) is 47.3. The van der Waals surface area contributed by atoms with Crippen LogP contribution in [0.3, 0.4) is 0 Å². The molecule has 0 fully saturated rings. The molecule has 0 amide bonds. The molecule has 4 atom stereocenters. The summed E-state index contributed by atoms with van der Waals surface area (Å²) in [7, 11) is 0. The fourth-order valence-corrected chi connectivity index (χ4v) is 11.1. The van der Waals surface area contributed by atoms with Gasteiger partial charge >= 0.3 is 42.4 Å². The third kappa shape index (κ3) is 10.6. The van der Waals surface area contributed by atoms with E-state index in [9.17, 15) is 63.1 Å². The average Bonchev–Trinajstić information content (AvgIpc) is 3.75. The lowest BCUT2D eigenvalue weighted by Crippen LogP contribution is -2.26. The Morgan fingerprint density at radius 1 is 0.455 bits per heavy atom. The lowest BCUT2D eigenvalue weighted by atomic mass is 9.85. The second-order valence-electron chi connectivity index (χ2n) is 15.9. The topological polar surface area (TPSA) is 105 Å². The van der Waals surface area contributed by atoms with Crippen molar-refractivity contribution in [2.45, 2.75) is 94.3 Å². The summed E-state index contributed by atoms with van der Waals surface area (Å²) >= 11 is 3.01. The van der Waals surface area contributed by atoms with Crippen LogP contribution in [0.2, 0.25) is 0 Å². The lowest BCUT2D eigenvalue weighted by Gasteiger charge is -2.31. The van der Waals surface area contributed by atoms with Gasteiger partial charge in [-0.2, -0.15) is 39.5 Å². The van der Waals surface area contributed by atoms with Crippen molar-refractivity contribution >= 4 is 76.1 Å². The first-order chi connectivity index (χ1) is 31.1. The van der Waals surface area contributed by atoms with Crippen LogP contribution in [0, 0.1) is 0 Å². The molecule has 0 saturated heterocycles. The van der Waals surface area contributed by atoms with Gasteiger partial charge in [0, 0.05) is 20.2 Å². The Balaban J connectivity index is 1.09. The van der Waals surface area contributed by atoms with Crippen LogP contribution in [-0.2, 0) is 38.1 Å². The number of hydrogen-bond acceptors (Lipinski definition) is 10. The summed E-state index contributed by atoms with van der Waals surface area (Å²) in [4.78, 5) is 48.9. The van der Waals surface area contributed by atoms with E-state index in [1.54, 1.807) is 30.3 Å².